The van der Waals surface area contributed by atoms with Crippen LogP contribution in [0.15, 0.2) is 54.6 Å². The van der Waals surface area contributed by atoms with Crippen LogP contribution in [0.1, 0.15) is 6.92 Å². The van der Waals surface area contributed by atoms with Gasteiger partial charge in [0.15, 0.2) is 0 Å². The molecule has 22 heavy (non-hydrogen) atoms. The Kier molecular flexibility index (Phi) is 3.83. The van der Waals surface area contributed by atoms with Crippen LogP contribution in [0.4, 0.5) is 0 Å². The third-order valence-electron chi connectivity index (χ3n) is 3.43. The van der Waals surface area contributed by atoms with Gasteiger partial charge in [0.25, 0.3) is 0 Å². The van der Waals surface area contributed by atoms with Gasteiger partial charge in [0.05, 0.1) is 5.52 Å². The lowest BCUT2D eigenvalue weighted by molar-refractivity contribution is -0.139. The van der Waals surface area contributed by atoms with Crippen molar-refractivity contribution in [2.45, 2.75) is 6.92 Å². The molecule has 0 bridgehead atoms. The van der Waals surface area contributed by atoms with Gasteiger partial charge in [-0.25, -0.2) is 4.79 Å². The monoisotopic (exact) mass is 295 g/mol. The first-order valence-electron chi connectivity index (χ1n) is 7.11. The van der Waals surface area contributed by atoms with Crippen LogP contribution in [0.5, 0.6) is 5.75 Å². The number of aromatic nitrogens is 1. The van der Waals surface area contributed by atoms with E-state index in [1.54, 1.807) is 6.92 Å². The summed E-state index contributed by atoms with van der Waals surface area (Å²) in [5.41, 5.74) is 2.41. The molecule has 0 unspecified atom stereocenters. The van der Waals surface area contributed by atoms with E-state index in [4.69, 9.17) is 9.47 Å². The summed E-state index contributed by atoms with van der Waals surface area (Å²) in [5, 5.41) is 2.28. The van der Waals surface area contributed by atoms with E-state index in [1.165, 1.54) is 0 Å². The van der Waals surface area contributed by atoms with E-state index in [-0.39, 0.29) is 6.61 Å². The number of ether oxygens (including phenoxy) is 2. The van der Waals surface area contributed by atoms with Crippen LogP contribution in [-0.2, 0) is 9.53 Å². The van der Waals surface area contributed by atoms with Crippen LogP contribution in [0.2, 0.25) is 0 Å². The van der Waals surface area contributed by atoms with Gasteiger partial charge in [0.1, 0.15) is 19.0 Å². The number of aromatic amines is 1. The zero-order chi connectivity index (χ0) is 15.5. The van der Waals surface area contributed by atoms with Crippen LogP contribution in [0.3, 0.4) is 0 Å². The summed E-state index contributed by atoms with van der Waals surface area (Å²) in [6.07, 6.45) is 0. The second-order valence-corrected chi connectivity index (χ2v) is 5.11. The Labute approximate surface area is 128 Å². The molecule has 0 aliphatic heterocycles. The number of hydrogen-bond donors (Lipinski definition) is 1. The first-order chi connectivity index (χ1) is 10.7. The molecule has 0 saturated heterocycles. The predicted molar refractivity (Wildman–Crippen MR) is 87.1 cm³/mol. The molecule has 4 heteroatoms. The van der Waals surface area contributed by atoms with E-state index in [0.717, 1.165) is 27.6 Å². The van der Waals surface area contributed by atoms with E-state index in [0.29, 0.717) is 12.2 Å². The van der Waals surface area contributed by atoms with Crippen molar-refractivity contribution < 1.29 is 14.3 Å². The number of para-hydroxylation sites is 2. The van der Waals surface area contributed by atoms with Crippen LogP contribution in [0.25, 0.3) is 21.8 Å². The second kappa shape index (κ2) is 5.93. The van der Waals surface area contributed by atoms with E-state index in [9.17, 15) is 4.79 Å². The summed E-state index contributed by atoms with van der Waals surface area (Å²) in [5.74, 6) is 0.354. The molecule has 3 rings (SSSR count). The Morgan fingerprint density at radius 3 is 2.68 bits per heavy atom. The number of carbonyl (C=O) groups is 1. The normalized spacial score (nSPS) is 10.8. The van der Waals surface area contributed by atoms with Gasteiger partial charge >= 0.3 is 5.97 Å². The fourth-order valence-corrected chi connectivity index (χ4v) is 2.38. The van der Waals surface area contributed by atoms with Crippen LogP contribution in [0, 0.1) is 0 Å². The van der Waals surface area contributed by atoms with E-state index in [1.807, 2.05) is 30.3 Å². The number of rotatable bonds is 5. The number of fused-ring (bicyclic) bond motifs is 3. The zero-order valence-corrected chi connectivity index (χ0v) is 12.4. The summed E-state index contributed by atoms with van der Waals surface area (Å²) in [6.45, 7) is 5.65. The minimum Gasteiger partial charge on any atom is -0.488 e. The molecule has 0 aliphatic rings. The summed E-state index contributed by atoms with van der Waals surface area (Å²) in [6, 6.07) is 14.0. The molecule has 0 saturated carbocycles. The van der Waals surface area contributed by atoms with Gasteiger partial charge in [-0.15, -0.1) is 0 Å². The maximum absolute atomic E-state index is 11.3. The molecule has 0 spiro atoms. The molecule has 0 atom stereocenters. The lowest BCUT2D eigenvalue weighted by Crippen LogP contribution is -2.12. The molecule has 2 aromatic carbocycles. The number of benzene rings is 2. The van der Waals surface area contributed by atoms with E-state index in [2.05, 4.69) is 23.7 Å². The smallest absolute Gasteiger partial charge is 0.333 e. The lowest BCUT2D eigenvalue weighted by atomic mass is 10.1. The molecule has 3 aromatic rings. The minimum atomic E-state index is -0.396. The highest BCUT2D eigenvalue weighted by Gasteiger charge is 2.09. The predicted octanol–water partition coefficient (Wildman–Crippen LogP) is 3.82. The van der Waals surface area contributed by atoms with Crippen molar-refractivity contribution in [3.05, 3.63) is 54.6 Å². The van der Waals surface area contributed by atoms with Crippen molar-refractivity contribution in [1.29, 1.82) is 0 Å². The van der Waals surface area contributed by atoms with Gasteiger partial charge in [-0.1, -0.05) is 36.9 Å². The average molecular weight is 295 g/mol. The van der Waals surface area contributed by atoms with Gasteiger partial charge in [-0.05, 0) is 19.1 Å². The maximum Gasteiger partial charge on any atom is 0.333 e. The van der Waals surface area contributed by atoms with Crippen molar-refractivity contribution in [2.24, 2.45) is 0 Å². The Hall–Kier alpha value is -2.75. The fourth-order valence-electron chi connectivity index (χ4n) is 2.38. The van der Waals surface area contributed by atoms with Crippen molar-refractivity contribution in [3.8, 4) is 5.75 Å². The molecular weight excluding hydrogens is 278 g/mol. The third-order valence-corrected chi connectivity index (χ3v) is 3.43. The Bertz CT molecular complexity index is 848. The van der Waals surface area contributed by atoms with E-state index >= 15 is 0 Å². The van der Waals surface area contributed by atoms with Crippen molar-refractivity contribution >= 4 is 27.8 Å². The number of nitrogens with one attached hydrogen (secondary N) is 1. The average Bonchev–Trinajstić information content (AvgIpc) is 2.90. The first-order valence-corrected chi connectivity index (χ1v) is 7.11. The lowest BCUT2D eigenvalue weighted by Gasteiger charge is -2.08. The second-order valence-electron chi connectivity index (χ2n) is 5.11. The van der Waals surface area contributed by atoms with Gasteiger partial charge in [-0.3, -0.25) is 0 Å². The fraction of sp³-hybridized carbons (Fsp3) is 0.167. The molecule has 1 aromatic heterocycles. The quantitative estimate of drug-likeness (QED) is 0.442. The van der Waals surface area contributed by atoms with E-state index < -0.39 is 5.97 Å². The molecular formula is C18H17NO3. The van der Waals surface area contributed by atoms with Crippen LogP contribution < -0.4 is 4.74 Å². The molecule has 0 radical (unpaired) electrons. The van der Waals surface area contributed by atoms with Crippen molar-refractivity contribution in [2.75, 3.05) is 13.2 Å². The van der Waals surface area contributed by atoms with Crippen molar-refractivity contribution in [3.63, 3.8) is 0 Å². The Morgan fingerprint density at radius 1 is 1.09 bits per heavy atom. The molecule has 0 aliphatic carbocycles. The highest BCUT2D eigenvalue weighted by Crippen LogP contribution is 2.31. The standard InChI is InChI=1S/C18H17NO3/c1-12(2)18(20)22-11-10-21-16-9-5-7-14-13-6-3-4-8-15(13)19-17(14)16/h3-9,19H,1,10-11H2,2H3. The van der Waals surface area contributed by atoms with Crippen LogP contribution in [-0.4, -0.2) is 24.2 Å². The maximum atomic E-state index is 11.3. The molecule has 1 heterocycles. The first kappa shape index (κ1) is 14.2. The largest absolute Gasteiger partial charge is 0.488 e. The third kappa shape index (κ3) is 2.68. The SMILES string of the molecule is C=C(C)C(=O)OCCOc1cccc2c1[nH]c1ccccc12. The van der Waals surface area contributed by atoms with Crippen LogP contribution >= 0.6 is 0 Å². The minimum absolute atomic E-state index is 0.197. The van der Waals surface area contributed by atoms with Gasteiger partial charge in [0.2, 0.25) is 0 Å². The zero-order valence-electron chi connectivity index (χ0n) is 12.4. The summed E-state index contributed by atoms with van der Waals surface area (Å²) in [7, 11) is 0. The molecule has 1 N–H and O–H groups in total. The highest BCUT2D eigenvalue weighted by molar-refractivity contribution is 6.09. The van der Waals surface area contributed by atoms with Crippen molar-refractivity contribution in [1.82, 2.24) is 4.98 Å². The molecule has 112 valence electrons. The molecule has 0 amide bonds. The van der Waals surface area contributed by atoms with Gasteiger partial charge < -0.3 is 14.5 Å². The van der Waals surface area contributed by atoms with Gasteiger partial charge in [-0.2, -0.15) is 0 Å². The highest BCUT2D eigenvalue weighted by atomic mass is 16.6. The number of H-pyrrole nitrogens is 1. The summed E-state index contributed by atoms with van der Waals surface area (Å²) < 4.78 is 10.8. The number of carbonyl (C=O) groups excluding carboxylic acids is 1. The number of hydrogen-bond acceptors (Lipinski definition) is 3. The molecule has 0 fully saturated rings. The topological polar surface area (TPSA) is 51.3 Å². The Morgan fingerprint density at radius 2 is 1.86 bits per heavy atom. The van der Waals surface area contributed by atoms with Gasteiger partial charge in [0, 0.05) is 21.9 Å². The summed E-state index contributed by atoms with van der Waals surface area (Å²) >= 11 is 0. The summed E-state index contributed by atoms with van der Waals surface area (Å²) in [4.78, 5) is 14.7. The number of esters is 1. The Balaban J connectivity index is 1.77. The molecule has 4 nitrogen and oxygen atoms in total.